The fourth-order valence-corrected chi connectivity index (χ4v) is 2.20. The van der Waals surface area contributed by atoms with Gasteiger partial charge in [-0.2, -0.15) is 0 Å². The maximum Gasteiger partial charge on any atom is 0.165 e. The molecule has 2 aromatic rings. The maximum absolute atomic E-state index is 13.8. The van der Waals surface area contributed by atoms with Gasteiger partial charge in [0.05, 0.1) is 0 Å². The van der Waals surface area contributed by atoms with Crippen LogP contribution in [0.25, 0.3) is 0 Å². The first-order valence-corrected chi connectivity index (χ1v) is 6.84. The Bertz CT molecular complexity index is 601. The number of rotatable bonds is 5. The Morgan fingerprint density at radius 3 is 2.65 bits per heavy atom. The third kappa shape index (κ3) is 3.71. The molecule has 2 N–H and O–H groups in total. The molecule has 106 valence electrons. The van der Waals surface area contributed by atoms with Gasteiger partial charge in [0.2, 0.25) is 0 Å². The Morgan fingerprint density at radius 1 is 1.20 bits per heavy atom. The van der Waals surface area contributed by atoms with Crippen molar-refractivity contribution in [2.45, 2.75) is 20.0 Å². The number of aryl methyl sites for hydroxylation is 1. The van der Waals surface area contributed by atoms with E-state index in [-0.39, 0.29) is 18.2 Å². The molecule has 0 bridgehead atoms. The summed E-state index contributed by atoms with van der Waals surface area (Å²) in [4.78, 5) is 0. The molecule has 0 aromatic heterocycles. The Hall–Kier alpha value is -1.58. The van der Waals surface area contributed by atoms with Crippen LogP contribution in [0.2, 0.25) is 5.02 Å². The zero-order valence-electron chi connectivity index (χ0n) is 11.3. The molecular weight excluding hydrogens is 277 g/mol. The molecule has 20 heavy (non-hydrogen) atoms. The highest BCUT2D eigenvalue weighted by molar-refractivity contribution is 6.31. The second-order valence-electron chi connectivity index (χ2n) is 4.69. The molecule has 2 aromatic carbocycles. The molecule has 0 radical (unpaired) electrons. The average Bonchev–Trinajstić information content (AvgIpc) is 2.40. The van der Waals surface area contributed by atoms with Crippen molar-refractivity contribution in [1.29, 1.82) is 0 Å². The van der Waals surface area contributed by atoms with Crippen LogP contribution in [0, 0.1) is 12.7 Å². The second-order valence-corrected chi connectivity index (χ2v) is 5.09. The topological polar surface area (TPSA) is 35.2 Å². The van der Waals surface area contributed by atoms with Crippen LogP contribution in [-0.4, -0.2) is 6.54 Å². The Balaban J connectivity index is 2.07. The van der Waals surface area contributed by atoms with Crippen molar-refractivity contribution in [3.8, 4) is 5.75 Å². The SMILES string of the molecule is Cc1ccc(COc2ccc(CCN)cc2F)c(Cl)c1. The van der Waals surface area contributed by atoms with Gasteiger partial charge >= 0.3 is 0 Å². The molecule has 0 saturated heterocycles. The molecule has 2 rings (SSSR count). The zero-order chi connectivity index (χ0) is 14.5. The summed E-state index contributed by atoms with van der Waals surface area (Å²) < 4.78 is 19.3. The van der Waals surface area contributed by atoms with E-state index in [1.165, 1.54) is 6.07 Å². The maximum atomic E-state index is 13.8. The van der Waals surface area contributed by atoms with Crippen molar-refractivity contribution in [2.75, 3.05) is 6.54 Å². The first kappa shape index (κ1) is 14.8. The van der Waals surface area contributed by atoms with Gasteiger partial charge in [0.25, 0.3) is 0 Å². The molecule has 0 saturated carbocycles. The van der Waals surface area contributed by atoms with E-state index in [2.05, 4.69) is 0 Å². The van der Waals surface area contributed by atoms with E-state index in [1.807, 2.05) is 31.2 Å². The largest absolute Gasteiger partial charge is 0.486 e. The van der Waals surface area contributed by atoms with Crippen LogP contribution in [0.5, 0.6) is 5.75 Å². The predicted octanol–water partition coefficient (Wildman–Crippen LogP) is 3.87. The van der Waals surface area contributed by atoms with Gasteiger partial charge in [0.1, 0.15) is 6.61 Å². The van der Waals surface area contributed by atoms with Crippen LogP contribution >= 0.6 is 11.6 Å². The average molecular weight is 294 g/mol. The van der Waals surface area contributed by atoms with Crippen molar-refractivity contribution in [1.82, 2.24) is 0 Å². The third-order valence-corrected chi connectivity index (χ3v) is 3.37. The van der Waals surface area contributed by atoms with Crippen molar-refractivity contribution >= 4 is 11.6 Å². The predicted molar refractivity (Wildman–Crippen MR) is 79.7 cm³/mol. The van der Waals surface area contributed by atoms with Crippen molar-refractivity contribution in [3.05, 3.63) is 63.9 Å². The van der Waals surface area contributed by atoms with Crippen LogP contribution in [0.4, 0.5) is 4.39 Å². The minimum Gasteiger partial charge on any atom is -0.486 e. The summed E-state index contributed by atoms with van der Waals surface area (Å²) in [6.07, 6.45) is 0.654. The molecule has 0 spiro atoms. The minimum absolute atomic E-state index is 0.224. The van der Waals surface area contributed by atoms with Gasteiger partial charge in [-0.3, -0.25) is 0 Å². The van der Waals surface area contributed by atoms with E-state index in [9.17, 15) is 4.39 Å². The molecule has 0 atom stereocenters. The van der Waals surface area contributed by atoms with E-state index in [0.717, 1.165) is 16.7 Å². The molecule has 0 aliphatic heterocycles. The van der Waals surface area contributed by atoms with E-state index in [1.54, 1.807) is 6.07 Å². The molecule has 0 aliphatic rings. The summed E-state index contributed by atoms with van der Waals surface area (Å²) in [5, 5.41) is 0.630. The molecule has 0 unspecified atom stereocenters. The molecule has 2 nitrogen and oxygen atoms in total. The number of hydrogen-bond donors (Lipinski definition) is 1. The third-order valence-electron chi connectivity index (χ3n) is 3.02. The molecule has 0 heterocycles. The molecule has 0 aliphatic carbocycles. The summed E-state index contributed by atoms with van der Waals surface area (Å²) in [5.41, 5.74) is 8.23. The lowest BCUT2D eigenvalue weighted by Gasteiger charge is -2.10. The number of halogens is 2. The summed E-state index contributed by atoms with van der Waals surface area (Å²) in [7, 11) is 0. The summed E-state index contributed by atoms with van der Waals surface area (Å²) >= 11 is 6.11. The van der Waals surface area contributed by atoms with Crippen LogP contribution in [0.15, 0.2) is 36.4 Å². The van der Waals surface area contributed by atoms with Crippen LogP contribution < -0.4 is 10.5 Å². The Morgan fingerprint density at radius 2 is 2.00 bits per heavy atom. The summed E-state index contributed by atoms with van der Waals surface area (Å²) in [5.74, 6) is -0.151. The van der Waals surface area contributed by atoms with Gasteiger partial charge in [0, 0.05) is 10.6 Å². The van der Waals surface area contributed by atoms with Gasteiger partial charge < -0.3 is 10.5 Å². The number of nitrogens with two attached hydrogens (primary N) is 1. The quantitative estimate of drug-likeness (QED) is 0.908. The van der Waals surface area contributed by atoms with Gasteiger partial charge in [-0.1, -0.05) is 29.8 Å². The zero-order valence-corrected chi connectivity index (χ0v) is 12.1. The van der Waals surface area contributed by atoms with Crippen molar-refractivity contribution < 1.29 is 9.13 Å². The van der Waals surface area contributed by atoms with Gasteiger partial charge in [0.15, 0.2) is 11.6 Å². The molecule has 0 fully saturated rings. The van der Waals surface area contributed by atoms with E-state index >= 15 is 0 Å². The lowest BCUT2D eigenvalue weighted by atomic mass is 10.1. The van der Waals surface area contributed by atoms with Crippen molar-refractivity contribution in [2.24, 2.45) is 5.73 Å². The molecule has 0 amide bonds. The van der Waals surface area contributed by atoms with E-state index in [0.29, 0.717) is 18.0 Å². The first-order valence-electron chi connectivity index (χ1n) is 6.46. The highest BCUT2D eigenvalue weighted by atomic mass is 35.5. The fraction of sp³-hybridized carbons (Fsp3) is 0.250. The van der Waals surface area contributed by atoms with Crippen LogP contribution in [-0.2, 0) is 13.0 Å². The lowest BCUT2D eigenvalue weighted by molar-refractivity contribution is 0.290. The fourth-order valence-electron chi connectivity index (χ4n) is 1.91. The first-order chi connectivity index (χ1) is 9.60. The van der Waals surface area contributed by atoms with E-state index < -0.39 is 0 Å². The second kappa shape index (κ2) is 6.73. The molecule has 4 heteroatoms. The number of ether oxygens (including phenoxy) is 1. The standard InChI is InChI=1S/C16H17ClFNO/c1-11-2-4-13(14(17)8-11)10-20-16-5-3-12(6-7-19)9-15(16)18/h2-5,8-9H,6-7,10,19H2,1H3. The van der Waals surface area contributed by atoms with Gasteiger partial charge in [-0.25, -0.2) is 4.39 Å². The smallest absolute Gasteiger partial charge is 0.165 e. The Labute approximate surface area is 123 Å². The number of hydrogen-bond acceptors (Lipinski definition) is 2. The van der Waals surface area contributed by atoms with Gasteiger partial charge in [-0.15, -0.1) is 0 Å². The normalized spacial score (nSPS) is 10.6. The number of benzene rings is 2. The lowest BCUT2D eigenvalue weighted by Crippen LogP contribution is -2.04. The van der Waals surface area contributed by atoms with E-state index in [4.69, 9.17) is 22.1 Å². The molecular formula is C16H17ClFNO. The highest BCUT2D eigenvalue weighted by Gasteiger charge is 2.07. The summed E-state index contributed by atoms with van der Waals surface area (Å²) in [6, 6.07) is 10.6. The Kier molecular flexibility index (Phi) is 4.99. The van der Waals surface area contributed by atoms with Gasteiger partial charge in [-0.05, 0) is 49.2 Å². The monoisotopic (exact) mass is 293 g/mol. The minimum atomic E-state index is -0.376. The van der Waals surface area contributed by atoms with Crippen LogP contribution in [0.3, 0.4) is 0 Å². The highest BCUT2D eigenvalue weighted by Crippen LogP contribution is 2.23. The summed E-state index contributed by atoms with van der Waals surface area (Å²) in [6.45, 7) is 2.71. The van der Waals surface area contributed by atoms with Crippen LogP contribution in [0.1, 0.15) is 16.7 Å². The van der Waals surface area contributed by atoms with Crippen molar-refractivity contribution in [3.63, 3.8) is 0 Å².